The van der Waals surface area contributed by atoms with Gasteiger partial charge in [0.2, 0.25) is 0 Å². The van der Waals surface area contributed by atoms with Crippen LogP contribution in [0.15, 0.2) is 48.5 Å². The van der Waals surface area contributed by atoms with Crippen LogP contribution in [0.1, 0.15) is 36.3 Å². The smallest absolute Gasteiger partial charge is 0.407 e. The van der Waals surface area contributed by atoms with Crippen LogP contribution in [0.25, 0.3) is 11.1 Å². The summed E-state index contributed by atoms with van der Waals surface area (Å²) in [6.07, 6.45) is 0.309. The number of hydrogen-bond donors (Lipinski definition) is 3. The molecular weight excluding hydrogens is 424 g/mol. The molecule has 4 rings (SSSR count). The predicted molar refractivity (Wildman–Crippen MR) is 121 cm³/mol. The van der Waals surface area contributed by atoms with Gasteiger partial charge in [-0.2, -0.15) is 0 Å². The number of aliphatic carboxylic acids is 1. The second-order valence-electron chi connectivity index (χ2n) is 8.42. The lowest BCUT2D eigenvalue weighted by atomic mass is 9.98. The van der Waals surface area contributed by atoms with Crippen molar-refractivity contribution in [3.05, 3.63) is 59.7 Å². The van der Waals surface area contributed by atoms with E-state index in [0.29, 0.717) is 12.8 Å². The van der Waals surface area contributed by atoms with Crippen molar-refractivity contribution in [3.63, 3.8) is 0 Å². The van der Waals surface area contributed by atoms with Crippen LogP contribution in [0.4, 0.5) is 4.79 Å². The molecule has 1 saturated carbocycles. The molecule has 0 radical (unpaired) electrons. The molecule has 33 heavy (non-hydrogen) atoms. The van der Waals surface area contributed by atoms with Crippen LogP contribution in [0.3, 0.4) is 0 Å². The van der Waals surface area contributed by atoms with E-state index in [9.17, 15) is 19.5 Å². The highest BCUT2D eigenvalue weighted by Crippen LogP contribution is 2.44. The summed E-state index contributed by atoms with van der Waals surface area (Å²) in [6.45, 7) is 0.0928. The molecule has 3 unspecified atom stereocenters. The Balaban J connectivity index is 1.30. The number of fused-ring (bicyclic) bond motifs is 3. The number of carboxylic acid groups (broad SMARTS) is 1. The zero-order chi connectivity index (χ0) is 23.4. The first kappa shape index (κ1) is 22.8. The minimum Gasteiger partial charge on any atom is -0.481 e. The first-order valence-corrected chi connectivity index (χ1v) is 11.1. The summed E-state index contributed by atoms with van der Waals surface area (Å²) in [5.41, 5.74) is 4.52. The average Bonchev–Trinajstić information content (AvgIpc) is 3.41. The molecule has 8 nitrogen and oxygen atoms in total. The first-order chi connectivity index (χ1) is 16.0. The molecule has 0 saturated heterocycles. The van der Waals surface area contributed by atoms with Gasteiger partial charge >= 0.3 is 12.1 Å². The van der Waals surface area contributed by atoms with Gasteiger partial charge in [-0.25, -0.2) is 4.79 Å². The van der Waals surface area contributed by atoms with Gasteiger partial charge in [0.25, 0.3) is 5.91 Å². The number of nitrogens with one attached hydrogen (secondary N) is 2. The average molecular weight is 453 g/mol. The Bertz CT molecular complexity index is 994. The van der Waals surface area contributed by atoms with Crippen molar-refractivity contribution in [3.8, 4) is 11.1 Å². The summed E-state index contributed by atoms with van der Waals surface area (Å²) in [6, 6.07) is 15.7. The van der Waals surface area contributed by atoms with Crippen LogP contribution in [-0.2, 0) is 19.1 Å². The highest BCUT2D eigenvalue weighted by Gasteiger charge is 2.35. The standard InChI is InChI=1S/C25H28N2O6/c1-32-22(23(28)27-21-12-6-11-19(21)24(29)30)13-26-25(31)33-14-20-17-9-4-2-7-15(17)16-8-3-5-10-18(16)20/h2-5,7-10,19-22H,6,11-14H2,1H3,(H,26,31)(H,27,28)(H,29,30). The van der Waals surface area contributed by atoms with Gasteiger partial charge in [0.15, 0.2) is 6.10 Å². The summed E-state index contributed by atoms with van der Waals surface area (Å²) in [5, 5.41) is 14.6. The molecule has 3 N–H and O–H groups in total. The zero-order valence-corrected chi connectivity index (χ0v) is 18.5. The third-order valence-electron chi connectivity index (χ3n) is 6.51. The molecule has 0 bridgehead atoms. The van der Waals surface area contributed by atoms with Crippen molar-refractivity contribution in [2.75, 3.05) is 20.3 Å². The Hall–Kier alpha value is -3.39. The van der Waals surface area contributed by atoms with Crippen molar-refractivity contribution in [2.45, 2.75) is 37.3 Å². The number of carboxylic acids is 1. The summed E-state index contributed by atoms with van der Waals surface area (Å²) in [7, 11) is 1.37. The molecule has 2 aliphatic carbocycles. The summed E-state index contributed by atoms with van der Waals surface area (Å²) >= 11 is 0. The van der Waals surface area contributed by atoms with Crippen molar-refractivity contribution in [1.29, 1.82) is 0 Å². The molecule has 1 fully saturated rings. The van der Waals surface area contributed by atoms with Gasteiger partial charge in [-0.05, 0) is 35.1 Å². The molecule has 0 aromatic heterocycles. The maximum absolute atomic E-state index is 12.5. The van der Waals surface area contributed by atoms with Gasteiger partial charge in [0, 0.05) is 19.1 Å². The Kier molecular flexibility index (Phi) is 6.93. The molecule has 2 aromatic carbocycles. The third-order valence-corrected chi connectivity index (χ3v) is 6.51. The van der Waals surface area contributed by atoms with Crippen molar-refractivity contribution in [2.24, 2.45) is 5.92 Å². The van der Waals surface area contributed by atoms with E-state index in [2.05, 4.69) is 22.8 Å². The summed E-state index contributed by atoms with van der Waals surface area (Å²) in [5.74, 6) is -2.01. The summed E-state index contributed by atoms with van der Waals surface area (Å²) in [4.78, 5) is 36.2. The monoisotopic (exact) mass is 452 g/mol. The normalized spacial score (nSPS) is 19.9. The molecule has 174 valence electrons. The van der Waals surface area contributed by atoms with E-state index in [-0.39, 0.29) is 19.1 Å². The molecule has 0 heterocycles. The molecule has 2 aromatic rings. The number of hydrogen-bond acceptors (Lipinski definition) is 5. The number of amides is 2. The van der Waals surface area contributed by atoms with Crippen molar-refractivity contribution >= 4 is 18.0 Å². The van der Waals surface area contributed by atoms with E-state index in [1.165, 1.54) is 7.11 Å². The highest BCUT2D eigenvalue weighted by atomic mass is 16.5. The largest absolute Gasteiger partial charge is 0.481 e. The predicted octanol–water partition coefficient (Wildman–Crippen LogP) is 2.91. The van der Waals surface area contributed by atoms with Gasteiger partial charge in [0.1, 0.15) is 6.61 Å². The maximum atomic E-state index is 12.5. The van der Waals surface area contributed by atoms with E-state index < -0.39 is 36.0 Å². The van der Waals surface area contributed by atoms with Crippen LogP contribution in [-0.4, -0.2) is 55.5 Å². The van der Waals surface area contributed by atoms with Gasteiger partial charge in [-0.15, -0.1) is 0 Å². The van der Waals surface area contributed by atoms with Crippen LogP contribution in [0.5, 0.6) is 0 Å². The van der Waals surface area contributed by atoms with Crippen LogP contribution in [0.2, 0.25) is 0 Å². The fraction of sp³-hybridized carbons (Fsp3) is 0.400. The van der Waals surface area contributed by atoms with Gasteiger partial charge in [0.05, 0.1) is 12.5 Å². The molecular formula is C25H28N2O6. The number of ether oxygens (including phenoxy) is 2. The SMILES string of the molecule is COC(CNC(=O)OCC1c2ccccc2-c2ccccc21)C(=O)NC1CCCC1C(=O)O. The molecule has 8 heteroatoms. The van der Waals surface area contributed by atoms with Gasteiger partial charge in [-0.3, -0.25) is 9.59 Å². The van der Waals surface area contributed by atoms with Crippen LogP contribution in [0, 0.1) is 5.92 Å². The maximum Gasteiger partial charge on any atom is 0.407 e. The van der Waals surface area contributed by atoms with E-state index in [0.717, 1.165) is 28.7 Å². The number of methoxy groups -OCH3 is 1. The van der Waals surface area contributed by atoms with E-state index in [1.54, 1.807) is 0 Å². The minimum absolute atomic E-state index is 0.0556. The Morgan fingerprint density at radius 3 is 2.27 bits per heavy atom. The molecule has 0 aliphatic heterocycles. The lowest BCUT2D eigenvalue weighted by Gasteiger charge is -2.22. The molecule has 0 spiro atoms. The lowest BCUT2D eigenvalue weighted by molar-refractivity contribution is -0.142. The van der Waals surface area contributed by atoms with E-state index in [1.807, 2.05) is 36.4 Å². The highest BCUT2D eigenvalue weighted by molar-refractivity contribution is 5.83. The van der Waals surface area contributed by atoms with Crippen LogP contribution >= 0.6 is 0 Å². The molecule has 2 amide bonds. The van der Waals surface area contributed by atoms with Gasteiger partial charge in [-0.1, -0.05) is 55.0 Å². The zero-order valence-electron chi connectivity index (χ0n) is 18.5. The fourth-order valence-corrected chi connectivity index (χ4v) is 4.81. The summed E-state index contributed by atoms with van der Waals surface area (Å²) < 4.78 is 10.7. The Morgan fingerprint density at radius 1 is 1.03 bits per heavy atom. The van der Waals surface area contributed by atoms with Crippen molar-refractivity contribution in [1.82, 2.24) is 10.6 Å². The fourth-order valence-electron chi connectivity index (χ4n) is 4.81. The number of benzene rings is 2. The number of alkyl carbamates (subject to hydrolysis) is 1. The second-order valence-corrected chi connectivity index (χ2v) is 8.42. The molecule has 2 aliphatic rings. The minimum atomic E-state index is -0.944. The third kappa shape index (κ3) is 4.85. The first-order valence-electron chi connectivity index (χ1n) is 11.1. The van der Waals surface area contributed by atoms with Crippen LogP contribution < -0.4 is 10.6 Å². The van der Waals surface area contributed by atoms with E-state index >= 15 is 0 Å². The van der Waals surface area contributed by atoms with Crippen molar-refractivity contribution < 1.29 is 29.0 Å². The quantitative estimate of drug-likeness (QED) is 0.568. The molecule has 3 atom stereocenters. The lowest BCUT2D eigenvalue weighted by Crippen LogP contribution is -2.49. The number of carbonyl (C=O) groups excluding carboxylic acids is 2. The Morgan fingerprint density at radius 2 is 1.67 bits per heavy atom. The topological polar surface area (TPSA) is 114 Å². The Labute approximate surface area is 192 Å². The van der Waals surface area contributed by atoms with E-state index in [4.69, 9.17) is 9.47 Å². The second kappa shape index (κ2) is 10.0. The van der Waals surface area contributed by atoms with Gasteiger partial charge < -0.3 is 25.2 Å². The number of rotatable bonds is 8. The number of carbonyl (C=O) groups is 3.